The highest BCUT2D eigenvalue weighted by molar-refractivity contribution is 6.36. The van der Waals surface area contributed by atoms with Crippen molar-refractivity contribution < 1.29 is 27.6 Å². The van der Waals surface area contributed by atoms with Crippen LogP contribution in [-0.2, 0) is 4.79 Å². The van der Waals surface area contributed by atoms with E-state index in [1.165, 1.54) is 29.0 Å². The van der Waals surface area contributed by atoms with Crippen LogP contribution in [0.15, 0.2) is 36.7 Å². The number of nitrogens with one attached hydrogen (secondary N) is 1. The molecule has 2 aromatic heterocycles. The Labute approximate surface area is 282 Å². The van der Waals surface area contributed by atoms with Gasteiger partial charge in [-0.25, -0.2) is 32.6 Å². The number of halogens is 6. The van der Waals surface area contributed by atoms with Gasteiger partial charge in [-0.15, -0.1) is 0 Å². The summed E-state index contributed by atoms with van der Waals surface area (Å²) in [5.41, 5.74) is -0.133. The fraction of sp³-hybridized carbons (Fsp3) is 0.333. The summed E-state index contributed by atoms with van der Waals surface area (Å²) < 4.78 is 43.7. The molecule has 0 bridgehead atoms. The van der Waals surface area contributed by atoms with Gasteiger partial charge in [0.05, 0.1) is 16.8 Å². The van der Waals surface area contributed by atoms with Crippen molar-refractivity contribution in [3.8, 4) is 11.1 Å². The predicted molar refractivity (Wildman–Crippen MR) is 171 cm³/mol. The number of amides is 5. The number of hydrogen-bond donors (Lipinski definition) is 1. The molecule has 2 aromatic carbocycles. The number of nitrogens with zero attached hydrogens (tertiary/aromatic N) is 7. The first-order valence-electron chi connectivity index (χ1n) is 14.4. The van der Waals surface area contributed by atoms with Crippen LogP contribution in [0, 0.1) is 23.4 Å². The van der Waals surface area contributed by atoms with Gasteiger partial charge >= 0.3 is 12.1 Å². The number of fused-ring (bicyclic) bond motifs is 1. The zero-order chi connectivity index (χ0) is 34.2. The molecule has 5 amide bonds. The Hall–Kier alpha value is -4.14. The third-order valence-electron chi connectivity index (χ3n) is 7.43. The highest BCUT2D eigenvalue weighted by Gasteiger charge is 2.41. The second kappa shape index (κ2) is 13.9. The van der Waals surface area contributed by atoms with Crippen molar-refractivity contribution in [3.05, 3.63) is 69.3 Å². The van der Waals surface area contributed by atoms with E-state index in [4.69, 9.17) is 34.8 Å². The van der Waals surface area contributed by atoms with Gasteiger partial charge in [0.15, 0.2) is 0 Å². The molecule has 0 radical (unpaired) electrons. The second-order valence-electron chi connectivity index (χ2n) is 11.3. The number of hydrogen-bond acceptors (Lipinski definition) is 7. The largest absolute Gasteiger partial charge is 0.356 e. The van der Waals surface area contributed by atoms with E-state index in [0.717, 1.165) is 22.6 Å². The molecule has 0 saturated carbocycles. The van der Waals surface area contributed by atoms with Crippen LogP contribution in [0.4, 0.5) is 34.3 Å². The molecule has 1 N–H and O–H groups in total. The molecule has 0 spiro atoms. The second-order valence-corrected chi connectivity index (χ2v) is 12.5. The van der Waals surface area contributed by atoms with E-state index < -0.39 is 41.0 Å². The topological polar surface area (TPSA) is 116 Å². The Kier molecular flexibility index (Phi) is 10.1. The van der Waals surface area contributed by atoms with Crippen molar-refractivity contribution in [1.29, 1.82) is 0 Å². The molecule has 2 saturated heterocycles. The molecule has 17 heteroatoms. The molecule has 248 valence electrons. The molecule has 11 nitrogen and oxygen atoms in total. The van der Waals surface area contributed by atoms with Gasteiger partial charge in [0, 0.05) is 41.3 Å². The average molecular weight is 712 g/mol. The summed E-state index contributed by atoms with van der Waals surface area (Å²) in [4.78, 5) is 47.9. The maximum absolute atomic E-state index is 14.5. The molecule has 47 heavy (non-hydrogen) atoms. The van der Waals surface area contributed by atoms with Crippen LogP contribution in [0.1, 0.15) is 33.6 Å². The van der Waals surface area contributed by atoms with Gasteiger partial charge in [-0.05, 0) is 50.8 Å². The molecule has 0 aliphatic carbocycles. The average Bonchev–Trinajstić information content (AvgIpc) is 3.55. The minimum absolute atomic E-state index is 0.0502. The van der Waals surface area contributed by atoms with E-state index in [2.05, 4.69) is 27.3 Å². The van der Waals surface area contributed by atoms with Crippen LogP contribution in [0.5, 0.6) is 0 Å². The monoisotopic (exact) mass is 710 g/mol. The van der Waals surface area contributed by atoms with Crippen LogP contribution in [0.2, 0.25) is 15.2 Å². The molecule has 6 rings (SSSR count). The van der Waals surface area contributed by atoms with Crippen LogP contribution >= 0.6 is 34.8 Å². The minimum Gasteiger partial charge on any atom is -0.356 e. The lowest BCUT2D eigenvalue weighted by molar-refractivity contribution is -0.116. The van der Waals surface area contributed by atoms with Crippen molar-refractivity contribution in [2.75, 3.05) is 29.4 Å². The molecule has 2 fully saturated rings. The minimum atomic E-state index is -1.04. The summed E-state index contributed by atoms with van der Waals surface area (Å²) in [6.07, 6.45) is 3.14. The highest BCUT2D eigenvalue weighted by Crippen LogP contribution is 2.40. The van der Waals surface area contributed by atoms with Crippen LogP contribution in [-0.4, -0.2) is 68.1 Å². The number of benzene rings is 2. The Balaban J connectivity index is 0.000000189. The van der Waals surface area contributed by atoms with Gasteiger partial charge in [0.1, 0.15) is 41.3 Å². The lowest BCUT2D eigenvalue weighted by atomic mass is 9.98. The Bertz CT molecular complexity index is 1820. The zero-order valence-electron chi connectivity index (χ0n) is 25.3. The fourth-order valence-electron chi connectivity index (χ4n) is 5.22. The lowest BCUT2D eigenvalue weighted by Gasteiger charge is -2.33. The Morgan fingerprint density at radius 3 is 2.17 bits per heavy atom. The quantitative estimate of drug-likeness (QED) is 0.179. The number of imide groups is 2. The van der Waals surface area contributed by atoms with Crippen molar-refractivity contribution >= 4 is 70.1 Å². The zero-order valence-corrected chi connectivity index (χ0v) is 27.5. The number of anilines is 2. The van der Waals surface area contributed by atoms with E-state index in [1.807, 2.05) is 4.90 Å². The number of piperidine rings is 1. The van der Waals surface area contributed by atoms with E-state index in [1.54, 1.807) is 13.8 Å². The fourth-order valence-corrected chi connectivity index (χ4v) is 5.99. The molecular weight excluding hydrogens is 684 g/mol. The molecule has 2 aliphatic heterocycles. The number of rotatable bonds is 4. The third kappa shape index (κ3) is 7.24. The Morgan fingerprint density at radius 1 is 0.957 bits per heavy atom. The van der Waals surface area contributed by atoms with Gasteiger partial charge in [0.25, 0.3) is 11.7 Å². The SMILES string of the molecule is CC(C)NC(=O)N1CC(=O)N(c2cc(Cl)cc(Cl)c2)C1=O.CC1CCN(c2c(-c3c(F)cc(F)cc3F)c(Cl)nc3ncnn23)CC1. The smallest absolute Gasteiger partial charge is 0.340 e. The highest BCUT2D eigenvalue weighted by atomic mass is 35.5. The maximum Gasteiger partial charge on any atom is 0.340 e. The van der Waals surface area contributed by atoms with E-state index in [-0.39, 0.29) is 34.8 Å². The van der Waals surface area contributed by atoms with Crippen molar-refractivity contribution in [1.82, 2.24) is 29.8 Å². The van der Waals surface area contributed by atoms with Crippen LogP contribution in [0.3, 0.4) is 0 Å². The molecule has 0 atom stereocenters. The summed E-state index contributed by atoms with van der Waals surface area (Å²) in [6, 6.07) is 4.14. The maximum atomic E-state index is 14.5. The summed E-state index contributed by atoms with van der Waals surface area (Å²) in [5, 5.41) is 7.19. The van der Waals surface area contributed by atoms with Crippen LogP contribution in [0.25, 0.3) is 16.9 Å². The summed E-state index contributed by atoms with van der Waals surface area (Å²) in [7, 11) is 0. The standard InChI is InChI=1S/C17H15ClF3N5.C13H13Cl2N3O3/c1-9-2-4-25(5-3-9)16-14(13-11(20)6-10(19)7-12(13)21)15(18)24-17-22-8-23-26(16)17;1-7(2)16-12(20)17-6-11(19)18(13(17)21)10-4-8(14)3-9(15)5-10/h6-9H,2-5H2,1H3;3-5,7H,6H2,1-2H3,(H,16,20). The van der Waals surface area contributed by atoms with Gasteiger partial charge in [-0.3, -0.25) is 4.79 Å². The first-order valence-corrected chi connectivity index (χ1v) is 15.6. The normalized spacial score (nSPS) is 15.5. The number of carbonyl (C=O) groups excluding carboxylic acids is 3. The van der Waals surface area contributed by atoms with Crippen molar-refractivity contribution in [2.45, 2.75) is 39.7 Å². The third-order valence-corrected chi connectivity index (χ3v) is 8.14. The van der Waals surface area contributed by atoms with Gasteiger partial charge in [-0.1, -0.05) is 41.7 Å². The van der Waals surface area contributed by atoms with Gasteiger partial charge in [0.2, 0.25) is 0 Å². The van der Waals surface area contributed by atoms with Gasteiger partial charge in [-0.2, -0.15) is 19.6 Å². The number of aromatic nitrogens is 4. The van der Waals surface area contributed by atoms with E-state index in [9.17, 15) is 27.6 Å². The summed E-state index contributed by atoms with van der Waals surface area (Å²) in [6.45, 7) is 6.70. The number of urea groups is 2. The van der Waals surface area contributed by atoms with Crippen molar-refractivity contribution in [2.24, 2.45) is 5.92 Å². The predicted octanol–water partition coefficient (Wildman–Crippen LogP) is 6.98. The molecule has 0 unspecified atom stereocenters. The summed E-state index contributed by atoms with van der Waals surface area (Å²) >= 11 is 18.0. The first kappa shape index (κ1) is 34.2. The van der Waals surface area contributed by atoms with E-state index >= 15 is 0 Å². The van der Waals surface area contributed by atoms with Crippen LogP contribution < -0.4 is 15.1 Å². The number of carbonyl (C=O) groups is 3. The molecule has 2 aliphatic rings. The first-order chi connectivity index (χ1) is 22.2. The molecule has 4 aromatic rings. The molecular formula is C30H28Cl3F3N8O3. The Morgan fingerprint density at radius 2 is 1.57 bits per heavy atom. The van der Waals surface area contributed by atoms with Crippen molar-refractivity contribution in [3.63, 3.8) is 0 Å². The van der Waals surface area contributed by atoms with Gasteiger partial charge < -0.3 is 10.2 Å². The summed E-state index contributed by atoms with van der Waals surface area (Å²) in [5.74, 6) is -2.41. The van der Waals surface area contributed by atoms with E-state index in [0.29, 0.717) is 47.0 Å². The lowest BCUT2D eigenvalue weighted by Crippen LogP contribution is -2.45. The molecule has 4 heterocycles.